The first kappa shape index (κ1) is 8.81. The van der Waals surface area contributed by atoms with E-state index in [1.807, 2.05) is 12.1 Å². The van der Waals surface area contributed by atoms with Crippen LogP contribution in [-0.2, 0) is 0 Å². The van der Waals surface area contributed by atoms with Gasteiger partial charge in [0.2, 0.25) is 0 Å². The summed E-state index contributed by atoms with van der Waals surface area (Å²) in [6.07, 6.45) is 2.23. The van der Waals surface area contributed by atoms with Crippen molar-refractivity contribution in [3.63, 3.8) is 0 Å². The van der Waals surface area contributed by atoms with Crippen molar-refractivity contribution in [1.29, 1.82) is 0 Å². The van der Waals surface area contributed by atoms with Crippen LogP contribution in [0.4, 0.5) is 0 Å². The van der Waals surface area contributed by atoms with Crippen LogP contribution in [0.15, 0.2) is 63.7 Å². The topological polar surface area (TPSA) is 0 Å². The van der Waals surface area contributed by atoms with Gasteiger partial charge in [0.05, 0.1) is 0 Å². The SMILES string of the molecule is [c]1ccc([SH]2C=Cc3ccccc32)cc1. The van der Waals surface area contributed by atoms with Gasteiger partial charge in [-0.05, 0) is 46.2 Å². The molecule has 0 spiro atoms. The van der Waals surface area contributed by atoms with Crippen molar-refractivity contribution in [2.45, 2.75) is 9.79 Å². The van der Waals surface area contributed by atoms with Crippen LogP contribution in [0.25, 0.3) is 6.08 Å². The van der Waals surface area contributed by atoms with Crippen LogP contribution in [-0.4, -0.2) is 0 Å². The molecule has 1 heterocycles. The van der Waals surface area contributed by atoms with Gasteiger partial charge < -0.3 is 0 Å². The first-order valence-electron chi connectivity index (χ1n) is 4.98. The minimum Gasteiger partial charge on any atom is -0.179 e. The molecule has 1 aliphatic heterocycles. The normalized spacial score (nSPS) is 20.1. The smallest absolute Gasteiger partial charge is 0.00228 e. The summed E-state index contributed by atoms with van der Waals surface area (Å²) in [4.78, 5) is 2.88. The second-order valence-electron chi connectivity index (χ2n) is 3.50. The van der Waals surface area contributed by atoms with Gasteiger partial charge in [-0.3, -0.25) is 0 Å². The average Bonchev–Trinajstić information content (AvgIpc) is 2.74. The standard InChI is InChI=1S/C14H11S/c1-2-7-13(8-3-1)15-11-10-12-6-4-5-9-14(12)15/h2-11,15H. The van der Waals surface area contributed by atoms with E-state index in [-0.39, 0.29) is 10.9 Å². The van der Waals surface area contributed by atoms with Crippen molar-refractivity contribution in [3.05, 3.63) is 65.6 Å². The molecule has 2 aromatic carbocycles. The lowest BCUT2D eigenvalue weighted by Crippen LogP contribution is -1.80. The van der Waals surface area contributed by atoms with Crippen LogP contribution in [0.2, 0.25) is 0 Å². The summed E-state index contributed by atoms with van der Waals surface area (Å²) >= 11 is 0. The molecule has 15 heavy (non-hydrogen) atoms. The third-order valence-electron chi connectivity index (χ3n) is 2.58. The highest BCUT2D eigenvalue weighted by molar-refractivity contribution is 8.20. The van der Waals surface area contributed by atoms with Crippen molar-refractivity contribution in [2.24, 2.45) is 0 Å². The van der Waals surface area contributed by atoms with E-state index in [1.54, 1.807) is 0 Å². The predicted octanol–water partition coefficient (Wildman–Crippen LogP) is 3.89. The van der Waals surface area contributed by atoms with E-state index in [1.165, 1.54) is 15.4 Å². The number of benzene rings is 2. The molecule has 2 aromatic rings. The number of hydrogen-bond acceptors (Lipinski definition) is 0. The molecule has 0 amide bonds. The van der Waals surface area contributed by atoms with Crippen LogP contribution in [0.1, 0.15) is 5.56 Å². The zero-order valence-electron chi connectivity index (χ0n) is 8.22. The molecule has 0 fully saturated rings. The molecule has 1 unspecified atom stereocenters. The van der Waals surface area contributed by atoms with E-state index in [2.05, 4.69) is 53.9 Å². The van der Waals surface area contributed by atoms with Gasteiger partial charge in [0.15, 0.2) is 0 Å². The molecule has 0 aliphatic carbocycles. The summed E-state index contributed by atoms with van der Waals surface area (Å²) in [5.41, 5.74) is 1.37. The highest BCUT2D eigenvalue weighted by Crippen LogP contribution is 2.51. The summed E-state index contributed by atoms with van der Waals surface area (Å²) in [7, 11) is -0.257. The Kier molecular flexibility index (Phi) is 2.11. The molecular formula is C14H11S. The molecule has 0 saturated heterocycles. The molecule has 1 heteroatoms. The van der Waals surface area contributed by atoms with Crippen molar-refractivity contribution < 1.29 is 0 Å². The highest BCUT2D eigenvalue weighted by atomic mass is 32.2. The quantitative estimate of drug-likeness (QED) is 0.680. The Balaban J connectivity index is 2.09. The molecule has 73 valence electrons. The van der Waals surface area contributed by atoms with Gasteiger partial charge in [0, 0.05) is 4.90 Å². The fourth-order valence-electron chi connectivity index (χ4n) is 1.85. The maximum Gasteiger partial charge on any atom is 0.00228 e. The van der Waals surface area contributed by atoms with E-state index in [0.717, 1.165) is 0 Å². The average molecular weight is 211 g/mol. The molecule has 1 radical (unpaired) electrons. The molecular weight excluding hydrogens is 200 g/mol. The number of hydrogen-bond donors (Lipinski definition) is 1. The largest absolute Gasteiger partial charge is 0.179 e. The van der Waals surface area contributed by atoms with Crippen LogP contribution < -0.4 is 0 Å². The summed E-state index contributed by atoms with van der Waals surface area (Å²) in [6.45, 7) is 0. The molecule has 3 rings (SSSR count). The summed E-state index contributed by atoms with van der Waals surface area (Å²) in [5, 5.41) is 2.33. The maximum absolute atomic E-state index is 3.07. The fourth-order valence-corrected chi connectivity index (χ4v) is 3.91. The van der Waals surface area contributed by atoms with Crippen molar-refractivity contribution in [1.82, 2.24) is 0 Å². The van der Waals surface area contributed by atoms with Crippen LogP contribution in [0.5, 0.6) is 0 Å². The molecule has 0 nitrogen and oxygen atoms in total. The Morgan fingerprint density at radius 2 is 1.73 bits per heavy atom. The van der Waals surface area contributed by atoms with Gasteiger partial charge in [-0.1, -0.05) is 30.3 Å². The lowest BCUT2D eigenvalue weighted by atomic mass is 10.2. The van der Waals surface area contributed by atoms with Crippen LogP contribution in [0, 0.1) is 6.07 Å². The minimum atomic E-state index is -0.257. The predicted molar refractivity (Wildman–Crippen MR) is 66.3 cm³/mol. The third kappa shape index (κ3) is 1.49. The Morgan fingerprint density at radius 1 is 0.933 bits per heavy atom. The van der Waals surface area contributed by atoms with Gasteiger partial charge in [0.25, 0.3) is 0 Å². The highest BCUT2D eigenvalue weighted by Gasteiger charge is 2.14. The Hall–Kier alpha value is -1.47. The van der Waals surface area contributed by atoms with Gasteiger partial charge in [-0.25, -0.2) is 0 Å². The van der Waals surface area contributed by atoms with E-state index >= 15 is 0 Å². The lowest BCUT2D eigenvalue weighted by molar-refractivity contribution is 1.38. The Labute approximate surface area is 92.6 Å². The van der Waals surface area contributed by atoms with Crippen molar-refractivity contribution >= 4 is 17.0 Å². The minimum absolute atomic E-state index is 0.257. The second kappa shape index (κ2) is 3.59. The number of thiol groups is 1. The summed E-state index contributed by atoms with van der Waals surface area (Å²) < 4.78 is 0. The molecule has 0 N–H and O–H groups in total. The first-order chi connectivity index (χ1) is 7.45. The second-order valence-corrected chi connectivity index (χ2v) is 5.54. The van der Waals surface area contributed by atoms with Gasteiger partial charge in [-0.15, -0.1) is 0 Å². The van der Waals surface area contributed by atoms with Gasteiger partial charge in [-0.2, -0.15) is 10.9 Å². The first-order valence-corrected chi connectivity index (χ1v) is 6.39. The van der Waals surface area contributed by atoms with E-state index in [4.69, 9.17) is 0 Å². The van der Waals surface area contributed by atoms with Gasteiger partial charge in [0.1, 0.15) is 0 Å². The lowest BCUT2D eigenvalue weighted by Gasteiger charge is -2.15. The van der Waals surface area contributed by atoms with Crippen molar-refractivity contribution in [2.75, 3.05) is 0 Å². The maximum atomic E-state index is 3.07. The number of fused-ring (bicyclic) bond motifs is 1. The zero-order chi connectivity index (χ0) is 10.1. The number of rotatable bonds is 1. The molecule has 1 aliphatic rings. The Bertz CT molecular complexity index is 500. The molecule has 0 bridgehead atoms. The molecule has 0 aromatic heterocycles. The molecule has 1 atom stereocenters. The van der Waals surface area contributed by atoms with Gasteiger partial charge >= 0.3 is 0 Å². The van der Waals surface area contributed by atoms with E-state index < -0.39 is 0 Å². The van der Waals surface area contributed by atoms with E-state index in [0.29, 0.717) is 0 Å². The summed E-state index contributed by atoms with van der Waals surface area (Å²) in [6, 6.07) is 20.0. The third-order valence-corrected chi connectivity index (χ3v) is 4.81. The monoisotopic (exact) mass is 211 g/mol. The van der Waals surface area contributed by atoms with Crippen molar-refractivity contribution in [3.8, 4) is 0 Å². The fraction of sp³-hybridized carbons (Fsp3) is 0. The Morgan fingerprint density at radius 3 is 2.60 bits per heavy atom. The van der Waals surface area contributed by atoms with Crippen LogP contribution >= 0.6 is 10.9 Å². The molecule has 0 saturated carbocycles. The summed E-state index contributed by atoms with van der Waals surface area (Å²) in [5.74, 6) is 0. The van der Waals surface area contributed by atoms with E-state index in [9.17, 15) is 0 Å². The zero-order valence-corrected chi connectivity index (χ0v) is 9.12. The van der Waals surface area contributed by atoms with Crippen LogP contribution in [0.3, 0.4) is 0 Å².